The fourth-order valence-corrected chi connectivity index (χ4v) is 2.29. The standard InChI is InChI=1S/C16H20N2O/c1-16(2,12-18-10-6-5-9-17)14-11-19-15-8-4-3-7-13(14)15/h3-4,7-8,11,18H,5-6,10,12H2,1-2H3. The van der Waals surface area contributed by atoms with Gasteiger partial charge in [0.1, 0.15) is 5.58 Å². The second kappa shape index (κ2) is 5.90. The van der Waals surface area contributed by atoms with E-state index < -0.39 is 0 Å². The molecule has 0 aliphatic rings. The summed E-state index contributed by atoms with van der Waals surface area (Å²) >= 11 is 0. The van der Waals surface area contributed by atoms with E-state index in [0.29, 0.717) is 6.42 Å². The summed E-state index contributed by atoms with van der Waals surface area (Å²) in [6.07, 6.45) is 3.38. The molecule has 0 unspecified atom stereocenters. The smallest absolute Gasteiger partial charge is 0.134 e. The Labute approximate surface area is 114 Å². The molecule has 0 spiro atoms. The monoisotopic (exact) mass is 256 g/mol. The molecule has 3 heteroatoms. The van der Waals surface area contributed by atoms with Crippen LogP contribution in [0.25, 0.3) is 11.0 Å². The third-order valence-corrected chi connectivity index (χ3v) is 3.42. The number of furan rings is 1. The second-order valence-electron chi connectivity index (χ2n) is 5.47. The minimum absolute atomic E-state index is 0.0131. The van der Waals surface area contributed by atoms with Crippen molar-refractivity contribution in [1.82, 2.24) is 5.32 Å². The second-order valence-corrected chi connectivity index (χ2v) is 5.47. The Bertz CT molecular complexity index is 578. The largest absolute Gasteiger partial charge is 0.464 e. The van der Waals surface area contributed by atoms with Crippen molar-refractivity contribution in [2.24, 2.45) is 0 Å². The zero-order valence-corrected chi connectivity index (χ0v) is 11.6. The minimum atomic E-state index is 0.0131. The maximum absolute atomic E-state index is 8.50. The molecule has 1 heterocycles. The predicted octanol–water partition coefficient (Wildman–Crippen LogP) is 3.60. The lowest BCUT2D eigenvalue weighted by Crippen LogP contribution is -2.33. The van der Waals surface area contributed by atoms with Crippen LogP contribution in [0.2, 0.25) is 0 Å². The molecule has 0 saturated heterocycles. The van der Waals surface area contributed by atoms with Gasteiger partial charge in [0.15, 0.2) is 0 Å². The van der Waals surface area contributed by atoms with E-state index in [9.17, 15) is 0 Å². The molecule has 3 nitrogen and oxygen atoms in total. The van der Waals surface area contributed by atoms with Crippen molar-refractivity contribution in [3.8, 4) is 6.07 Å². The van der Waals surface area contributed by atoms with Crippen molar-refractivity contribution in [2.75, 3.05) is 13.1 Å². The molecule has 0 saturated carbocycles. The molecular formula is C16H20N2O. The first-order valence-electron chi connectivity index (χ1n) is 6.69. The highest BCUT2D eigenvalue weighted by Crippen LogP contribution is 2.31. The Hall–Kier alpha value is -1.79. The van der Waals surface area contributed by atoms with Gasteiger partial charge in [-0.15, -0.1) is 0 Å². The lowest BCUT2D eigenvalue weighted by molar-refractivity contribution is 0.462. The average Bonchev–Trinajstić information content (AvgIpc) is 2.83. The quantitative estimate of drug-likeness (QED) is 0.803. The van der Waals surface area contributed by atoms with Gasteiger partial charge >= 0.3 is 0 Å². The first kappa shape index (κ1) is 13.6. The number of unbranched alkanes of at least 4 members (excludes halogenated alkanes) is 1. The number of nitrogens with one attached hydrogen (secondary N) is 1. The number of hydrogen-bond acceptors (Lipinski definition) is 3. The third kappa shape index (κ3) is 3.15. The van der Waals surface area contributed by atoms with Gasteiger partial charge in [0, 0.05) is 29.3 Å². The third-order valence-electron chi connectivity index (χ3n) is 3.42. The van der Waals surface area contributed by atoms with E-state index in [1.54, 1.807) is 0 Å². The summed E-state index contributed by atoms with van der Waals surface area (Å²) in [6, 6.07) is 10.3. The molecule has 0 aliphatic heterocycles. The van der Waals surface area contributed by atoms with Crippen LogP contribution in [0.15, 0.2) is 34.9 Å². The first-order valence-corrected chi connectivity index (χ1v) is 6.69. The molecule has 0 aliphatic carbocycles. The van der Waals surface area contributed by atoms with Crippen LogP contribution in [0.1, 0.15) is 32.3 Å². The van der Waals surface area contributed by atoms with Gasteiger partial charge in [-0.05, 0) is 19.0 Å². The van der Waals surface area contributed by atoms with Crippen LogP contribution < -0.4 is 5.32 Å². The van der Waals surface area contributed by atoms with Crippen LogP contribution in [-0.4, -0.2) is 13.1 Å². The summed E-state index contributed by atoms with van der Waals surface area (Å²) in [4.78, 5) is 0. The topological polar surface area (TPSA) is 49.0 Å². The summed E-state index contributed by atoms with van der Waals surface area (Å²) < 4.78 is 5.61. The number of fused-ring (bicyclic) bond motifs is 1. The number of rotatable bonds is 6. The molecule has 1 aromatic carbocycles. The normalized spacial score (nSPS) is 11.6. The van der Waals surface area contributed by atoms with Crippen molar-refractivity contribution >= 4 is 11.0 Å². The maximum atomic E-state index is 8.50. The van der Waals surface area contributed by atoms with E-state index in [-0.39, 0.29) is 5.41 Å². The molecule has 0 bridgehead atoms. The number of para-hydroxylation sites is 1. The number of nitrogens with zero attached hydrogens (tertiary/aromatic N) is 1. The number of nitriles is 1. The SMILES string of the molecule is CC(C)(CNCCCC#N)c1coc2ccccc12. The van der Waals surface area contributed by atoms with E-state index in [4.69, 9.17) is 9.68 Å². The molecule has 2 aromatic rings. The molecule has 19 heavy (non-hydrogen) atoms. The van der Waals surface area contributed by atoms with Gasteiger partial charge in [-0.3, -0.25) is 0 Å². The summed E-state index contributed by atoms with van der Waals surface area (Å²) in [5.74, 6) is 0. The molecular weight excluding hydrogens is 236 g/mol. The van der Waals surface area contributed by atoms with Crippen LogP contribution >= 0.6 is 0 Å². The highest BCUT2D eigenvalue weighted by Gasteiger charge is 2.24. The Morgan fingerprint density at radius 2 is 2.11 bits per heavy atom. The maximum Gasteiger partial charge on any atom is 0.134 e. The van der Waals surface area contributed by atoms with E-state index >= 15 is 0 Å². The van der Waals surface area contributed by atoms with Gasteiger partial charge in [-0.1, -0.05) is 32.0 Å². The fourth-order valence-electron chi connectivity index (χ4n) is 2.29. The van der Waals surface area contributed by atoms with Gasteiger partial charge in [0.05, 0.1) is 12.3 Å². The molecule has 2 rings (SSSR count). The van der Waals surface area contributed by atoms with Crippen molar-refractivity contribution in [3.05, 3.63) is 36.1 Å². The number of benzene rings is 1. The number of hydrogen-bond donors (Lipinski definition) is 1. The van der Waals surface area contributed by atoms with Crippen LogP contribution in [0.5, 0.6) is 0 Å². The zero-order chi connectivity index (χ0) is 13.7. The zero-order valence-electron chi connectivity index (χ0n) is 11.6. The summed E-state index contributed by atoms with van der Waals surface area (Å²) in [5.41, 5.74) is 2.19. The molecule has 0 fully saturated rings. The fraction of sp³-hybridized carbons (Fsp3) is 0.438. The van der Waals surface area contributed by atoms with Gasteiger partial charge in [-0.25, -0.2) is 0 Å². The Morgan fingerprint density at radius 1 is 1.32 bits per heavy atom. The van der Waals surface area contributed by atoms with E-state index in [2.05, 4.69) is 31.3 Å². The van der Waals surface area contributed by atoms with E-state index in [0.717, 1.165) is 25.1 Å². The molecule has 1 N–H and O–H groups in total. The lowest BCUT2D eigenvalue weighted by Gasteiger charge is -2.24. The van der Waals surface area contributed by atoms with Crippen molar-refractivity contribution < 1.29 is 4.42 Å². The Kier molecular flexibility index (Phi) is 4.24. The van der Waals surface area contributed by atoms with Gasteiger partial charge in [0.25, 0.3) is 0 Å². The average molecular weight is 256 g/mol. The molecule has 1 aromatic heterocycles. The summed E-state index contributed by atoms with van der Waals surface area (Å²) in [7, 11) is 0. The first-order chi connectivity index (χ1) is 9.15. The molecule has 100 valence electrons. The van der Waals surface area contributed by atoms with Crippen LogP contribution in [0.3, 0.4) is 0 Å². The van der Waals surface area contributed by atoms with Gasteiger partial charge in [0.2, 0.25) is 0 Å². The van der Waals surface area contributed by atoms with Crippen molar-refractivity contribution in [1.29, 1.82) is 5.26 Å². The lowest BCUT2D eigenvalue weighted by atomic mass is 9.84. The molecule has 0 atom stereocenters. The molecule has 0 amide bonds. The highest BCUT2D eigenvalue weighted by molar-refractivity contribution is 5.82. The Morgan fingerprint density at radius 3 is 2.89 bits per heavy atom. The minimum Gasteiger partial charge on any atom is -0.464 e. The van der Waals surface area contributed by atoms with E-state index in [1.807, 2.05) is 24.5 Å². The summed E-state index contributed by atoms with van der Waals surface area (Å²) in [5, 5.41) is 13.1. The van der Waals surface area contributed by atoms with Crippen LogP contribution in [-0.2, 0) is 5.41 Å². The van der Waals surface area contributed by atoms with Crippen molar-refractivity contribution in [3.63, 3.8) is 0 Å². The van der Waals surface area contributed by atoms with Crippen LogP contribution in [0.4, 0.5) is 0 Å². The van der Waals surface area contributed by atoms with Gasteiger partial charge in [-0.2, -0.15) is 5.26 Å². The van der Waals surface area contributed by atoms with Crippen LogP contribution in [0, 0.1) is 11.3 Å². The van der Waals surface area contributed by atoms with Crippen molar-refractivity contribution in [2.45, 2.75) is 32.1 Å². The Balaban J connectivity index is 2.05. The highest BCUT2D eigenvalue weighted by atomic mass is 16.3. The predicted molar refractivity (Wildman–Crippen MR) is 77.0 cm³/mol. The summed E-state index contributed by atoms with van der Waals surface area (Å²) in [6.45, 7) is 6.18. The van der Waals surface area contributed by atoms with Gasteiger partial charge < -0.3 is 9.73 Å². The van der Waals surface area contributed by atoms with E-state index in [1.165, 1.54) is 10.9 Å². The molecule has 0 radical (unpaired) electrons.